The molecule has 0 unspecified atom stereocenters. The maximum absolute atomic E-state index is 12.1. The van der Waals surface area contributed by atoms with Crippen molar-refractivity contribution < 1.29 is 0 Å². The molecular weight excluding hydrogens is 264 g/mol. The number of hydrogen-bond acceptors (Lipinski definition) is 4. The van der Waals surface area contributed by atoms with E-state index in [2.05, 4.69) is 22.2 Å². The van der Waals surface area contributed by atoms with Crippen LogP contribution in [0.5, 0.6) is 0 Å². The third kappa shape index (κ3) is 2.58. The molecule has 1 heterocycles. The van der Waals surface area contributed by atoms with E-state index >= 15 is 0 Å². The molecule has 0 aliphatic heterocycles. The molecule has 2 aromatic carbocycles. The fourth-order valence-corrected chi connectivity index (χ4v) is 2.17. The number of nitrogens with zero attached hydrogens (tertiary/aromatic N) is 1. The Labute approximate surface area is 121 Å². The van der Waals surface area contributed by atoms with Gasteiger partial charge in [-0.25, -0.2) is 4.98 Å². The summed E-state index contributed by atoms with van der Waals surface area (Å²) in [6.07, 6.45) is 0. The molecule has 106 valence electrons. The van der Waals surface area contributed by atoms with Gasteiger partial charge in [-0.3, -0.25) is 9.78 Å². The quantitative estimate of drug-likeness (QED) is 0.630. The molecule has 0 radical (unpaired) electrons. The first-order valence-corrected chi connectivity index (χ1v) is 6.67. The topological polar surface area (TPSA) is 83.8 Å². The lowest BCUT2D eigenvalue weighted by Gasteiger charge is -2.08. The number of anilines is 3. The van der Waals surface area contributed by atoms with Gasteiger partial charge in [-0.15, -0.1) is 0 Å². The van der Waals surface area contributed by atoms with Crippen LogP contribution in [0.1, 0.15) is 11.1 Å². The number of fused-ring (bicyclic) bond motifs is 1. The van der Waals surface area contributed by atoms with E-state index in [4.69, 9.17) is 5.73 Å². The normalized spacial score (nSPS) is 10.8. The summed E-state index contributed by atoms with van der Waals surface area (Å²) in [6, 6.07) is 11.1. The van der Waals surface area contributed by atoms with Crippen LogP contribution in [0.4, 0.5) is 17.3 Å². The zero-order valence-corrected chi connectivity index (χ0v) is 11.9. The van der Waals surface area contributed by atoms with E-state index in [-0.39, 0.29) is 5.56 Å². The van der Waals surface area contributed by atoms with Crippen molar-refractivity contribution in [2.24, 2.45) is 0 Å². The van der Waals surface area contributed by atoms with E-state index in [0.717, 1.165) is 5.69 Å². The number of aromatic amines is 1. The minimum Gasteiger partial charge on any atom is -0.399 e. The number of aryl methyl sites for hydroxylation is 2. The highest BCUT2D eigenvalue weighted by Gasteiger charge is 2.05. The van der Waals surface area contributed by atoms with Crippen molar-refractivity contribution in [1.82, 2.24) is 9.97 Å². The third-order valence-corrected chi connectivity index (χ3v) is 3.50. The first kappa shape index (κ1) is 13.2. The Hall–Kier alpha value is -2.82. The SMILES string of the molecule is Cc1ccc(Nc2nc3ccc(N)cc3c(=O)[nH]2)cc1C. The smallest absolute Gasteiger partial charge is 0.260 e. The maximum atomic E-state index is 12.1. The average Bonchev–Trinajstić information content (AvgIpc) is 2.44. The van der Waals surface area contributed by atoms with Crippen molar-refractivity contribution >= 4 is 28.2 Å². The highest BCUT2D eigenvalue weighted by atomic mass is 16.1. The van der Waals surface area contributed by atoms with E-state index in [1.54, 1.807) is 18.2 Å². The number of H-pyrrole nitrogens is 1. The molecule has 0 saturated carbocycles. The number of aromatic nitrogens is 2. The van der Waals surface area contributed by atoms with Crippen LogP contribution in [0.2, 0.25) is 0 Å². The van der Waals surface area contributed by atoms with Crippen molar-refractivity contribution in [2.45, 2.75) is 13.8 Å². The molecule has 0 amide bonds. The molecule has 0 aliphatic rings. The zero-order valence-electron chi connectivity index (χ0n) is 11.9. The first-order valence-electron chi connectivity index (χ1n) is 6.67. The van der Waals surface area contributed by atoms with E-state index in [1.807, 2.05) is 25.1 Å². The highest BCUT2D eigenvalue weighted by molar-refractivity contribution is 5.82. The van der Waals surface area contributed by atoms with Gasteiger partial charge in [-0.1, -0.05) is 6.07 Å². The highest BCUT2D eigenvalue weighted by Crippen LogP contribution is 2.18. The number of nitrogens with two attached hydrogens (primary N) is 1. The minimum atomic E-state index is -0.210. The van der Waals surface area contributed by atoms with Gasteiger partial charge in [0.1, 0.15) is 0 Å². The Bertz CT molecular complexity index is 883. The van der Waals surface area contributed by atoms with Crippen LogP contribution in [0, 0.1) is 13.8 Å². The maximum Gasteiger partial charge on any atom is 0.260 e. The molecule has 0 bridgehead atoms. The summed E-state index contributed by atoms with van der Waals surface area (Å²) in [5.41, 5.74) is 9.92. The van der Waals surface area contributed by atoms with Crippen LogP contribution in [-0.2, 0) is 0 Å². The number of rotatable bonds is 2. The Balaban J connectivity index is 2.03. The Kier molecular flexibility index (Phi) is 3.10. The monoisotopic (exact) mass is 280 g/mol. The molecule has 21 heavy (non-hydrogen) atoms. The molecule has 0 fully saturated rings. The molecule has 0 saturated heterocycles. The molecule has 0 atom stereocenters. The van der Waals surface area contributed by atoms with Gasteiger partial charge in [-0.2, -0.15) is 0 Å². The molecule has 1 aromatic heterocycles. The van der Waals surface area contributed by atoms with Gasteiger partial charge < -0.3 is 11.1 Å². The summed E-state index contributed by atoms with van der Waals surface area (Å²) in [6.45, 7) is 4.10. The minimum absolute atomic E-state index is 0.210. The summed E-state index contributed by atoms with van der Waals surface area (Å²) in [5, 5.41) is 3.61. The van der Waals surface area contributed by atoms with Crippen LogP contribution >= 0.6 is 0 Å². The summed E-state index contributed by atoms with van der Waals surface area (Å²) < 4.78 is 0. The van der Waals surface area contributed by atoms with E-state index in [9.17, 15) is 4.79 Å². The van der Waals surface area contributed by atoms with Crippen LogP contribution in [-0.4, -0.2) is 9.97 Å². The second-order valence-electron chi connectivity index (χ2n) is 5.12. The number of nitrogen functional groups attached to an aromatic ring is 1. The van der Waals surface area contributed by atoms with Crippen molar-refractivity contribution in [3.8, 4) is 0 Å². The van der Waals surface area contributed by atoms with Crippen LogP contribution < -0.4 is 16.6 Å². The first-order chi connectivity index (χ1) is 10.0. The molecule has 5 nitrogen and oxygen atoms in total. The van der Waals surface area contributed by atoms with Crippen LogP contribution in [0.25, 0.3) is 10.9 Å². The van der Waals surface area contributed by atoms with Crippen molar-refractivity contribution in [3.63, 3.8) is 0 Å². The standard InChI is InChI=1S/C16H16N4O/c1-9-3-5-12(7-10(9)2)18-16-19-14-6-4-11(17)8-13(14)15(21)20-16/h3-8H,17H2,1-2H3,(H2,18,19,20,21). The van der Waals surface area contributed by atoms with Crippen LogP contribution in [0.15, 0.2) is 41.2 Å². The van der Waals surface area contributed by atoms with E-state index < -0.39 is 0 Å². The van der Waals surface area contributed by atoms with Gasteiger partial charge in [-0.05, 0) is 55.3 Å². The predicted octanol–water partition coefficient (Wildman–Crippen LogP) is 2.87. The lowest BCUT2D eigenvalue weighted by atomic mass is 10.1. The second-order valence-corrected chi connectivity index (χ2v) is 5.12. The molecular formula is C16H16N4O. The lowest BCUT2D eigenvalue weighted by Crippen LogP contribution is -2.11. The van der Waals surface area contributed by atoms with Crippen molar-refractivity contribution in [3.05, 3.63) is 57.9 Å². The van der Waals surface area contributed by atoms with Gasteiger partial charge >= 0.3 is 0 Å². The fourth-order valence-electron chi connectivity index (χ4n) is 2.17. The zero-order chi connectivity index (χ0) is 15.0. The lowest BCUT2D eigenvalue weighted by molar-refractivity contribution is 1.17. The molecule has 4 N–H and O–H groups in total. The van der Waals surface area contributed by atoms with Gasteiger partial charge in [0.05, 0.1) is 10.9 Å². The number of nitrogens with one attached hydrogen (secondary N) is 2. The fraction of sp³-hybridized carbons (Fsp3) is 0.125. The Morgan fingerprint density at radius 1 is 1.10 bits per heavy atom. The molecule has 3 rings (SSSR count). The summed E-state index contributed by atoms with van der Waals surface area (Å²) >= 11 is 0. The van der Waals surface area contributed by atoms with Gasteiger partial charge in [0.2, 0.25) is 5.95 Å². The summed E-state index contributed by atoms with van der Waals surface area (Å²) in [7, 11) is 0. The average molecular weight is 280 g/mol. The molecule has 0 spiro atoms. The summed E-state index contributed by atoms with van der Waals surface area (Å²) in [4.78, 5) is 19.2. The largest absolute Gasteiger partial charge is 0.399 e. The third-order valence-electron chi connectivity index (χ3n) is 3.50. The second kappa shape index (κ2) is 4.94. The molecule has 3 aromatic rings. The van der Waals surface area contributed by atoms with Crippen molar-refractivity contribution in [2.75, 3.05) is 11.1 Å². The Morgan fingerprint density at radius 3 is 2.67 bits per heavy atom. The van der Waals surface area contributed by atoms with E-state index in [1.165, 1.54) is 11.1 Å². The summed E-state index contributed by atoms with van der Waals surface area (Å²) in [5.74, 6) is 0.417. The van der Waals surface area contributed by atoms with Crippen LogP contribution in [0.3, 0.4) is 0 Å². The van der Waals surface area contributed by atoms with Crippen molar-refractivity contribution in [1.29, 1.82) is 0 Å². The van der Waals surface area contributed by atoms with Gasteiger partial charge in [0.15, 0.2) is 0 Å². The molecule has 0 aliphatic carbocycles. The Morgan fingerprint density at radius 2 is 1.90 bits per heavy atom. The van der Waals surface area contributed by atoms with E-state index in [0.29, 0.717) is 22.5 Å². The molecule has 5 heteroatoms. The number of benzene rings is 2. The number of hydrogen-bond donors (Lipinski definition) is 3. The van der Waals surface area contributed by atoms with Gasteiger partial charge in [0.25, 0.3) is 5.56 Å². The predicted molar refractivity (Wildman–Crippen MR) is 86.0 cm³/mol. The van der Waals surface area contributed by atoms with Gasteiger partial charge in [0, 0.05) is 11.4 Å².